The summed E-state index contributed by atoms with van der Waals surface area (Å²) in [6.07, 6.45) is 14.7. The fourth-order valence-electron chi connectivity index (χ4n) is 4.52. The molecule has 14 nitrogen and oxygen atoms in total. The molecule has 0 radical (unpaired) electrons. The van der Waals surface area contributed by atoms with Crippen LogP contribution in [0.25, 0.3) is 0 Å². The zero-order chi connectivity index (χ0) is 36.9. The molecule has 0 bridgehead atoms. The minimum Gasteiger partial charge on any atom is -0.449 e. The van der Waals surface area contributed by atoms with E-state index in [4.69, 9.17) is 45.5 Å². The second kappa shape index (κ2) is 22.4. The van der Waals surface area contributed by atoms with Crippen LogP contribution in [-0.2, 0) is 53.0 Å². The van der Waals surface area contributed by atoms with Gasteiger partial charge in [0.2, 0.25) is 33.3 Å². The van der Waals surface area contributed by atoms with E-state index in [1.54, 1.807) is 0 Å². The van der Waals surface area contributed by atoms with E-state index in [1.807, 2.05) is 49.6 Å². The molecule has 0 saturated carbocycles. The number of pyridine rings is 4. The first-order chi connectivity index (χ1) is 21.8. The first-order valence-corrected chi connectivity index (χ1v) is 28.2. The average Bonchev–Trinajstić information content (AvgIpc) is 2.97. The molecule has 50 heavy (non-hydrogen) atoms. The van der Waals surface area contributed by atoms with Crippen molar-refractivity contribution in [1.29, 1.82) is 0 Å². The van der Waals surface area contributed by atoms with E-state index < -0.39 is 53.8 Å². The second-order valence-electron chi connectivity index (χ2n) is 11.9. The maximum Gasteiger partial charge on any atom is 1.00 e. The summed E-state index contributed by atoms with van der Waals surface area (Å²) in [6.45, 7) is 18.0. The van der Waals surface area contributed by atoms with Crippen LogP contribution in [0.4, 0.5) is 0 Å². The standard InChI is InChI=1S/2C14H20N2OSi2.2Ag.2ClHO4/c2*1-18(2,13-5-9-15-10-6-13)17-19(3,4)14-7-11-16-12-8-14;;;2*2-1(3,4)5/h2*5-12H,1-4H3;;;2*(H,2,3,4,5)/q;;2*+1;;/p-2. The summed E-state index contributed by atoms with van der Waals surface area (Å²) >= 11 is 0. The number of rotatable bonds is 8. The first-order valence-electron chi connectivity index (χ1n) is 14.1. The predicted molar refractivity (Wildman–Crippen MR) is 168 cm³/mol. The Kier molecular flexibility index (Phi) is 22.9. The summed E-state index contributed by atoms with van der Waals surface area (Å²) in [7, 11) is -17.5. The molecule has 284 valence electrons. The monoisotopic (exact) mass is 988 g/mol. The maximum absolute atomic E-state index is 8.49. The van der Waals surface area contributed by atoms with Gasteiger partial charge in [0.05, 0.1) is 0 Å². The molecule has 0 amide bonds. The van der Waals surface area contributed by atoms with Crippen molar-refractivity contribution in [3.63, 3.8) is 0 Å². The van der Waals surface area contributed by atoms with Crippen molar-refractivity contribution in [1.82, 2.24) is 19.9 Å². The third-order valence-electron chi connectivity index (χ3n) is 6.52. The van der Waals surface area contributed by atoms with Gasteiger partial charge in [0, 0.05) is 49.6 Å². The molecule has 0 unspecified atom stereocenters. The Hall–Kier alpha value is -0.872. The van der Waals surface area contributed by atoms with Crippen molar-refractivity contribution in [2.75, 3.05) is 0 Å². The van der Waals surface area contributed by atoms with Crippen LogP contribution in [0.5, 0.6) is 0 Å². The van der Waals surface area contributed by atoms with Gasteiger partial charge in [-0.3, -0.25) is 19.9 Å². The van der Waals surface area contributed by atoms with Gasteiger partial charge < -0.3 is 8.23 Å². The van der Waals surface area contributed by atoms with Crippen LogP contribution in [-0.4, -0.2) is 53.2 Å². The number of halogens is 2. The summed E-state index contributed by atoms with van der Waals surface area (Å²) in [5, 5.41) is 5.16. The van der Waals surface area contributed by atoms with Crippen LogP contribution >= 0.6 is 0 Å². The average molecular weight is 992 g/mol. The van der Waals surface area contributed by atoms with Crippen LogP contribution in [0.15, 0.2) is 98.1 Å². The van der Waals surface area contributed by atoms with Gasteiger partial charge >= 0.3 is 44.8 Å². The topological polar surface area (TPSA) is 255 Å². The molecule has 4 rings (SSSR count). The maximum atomic E-state index is 8.49. The van der Waals surface area contributed by atoms with E-state index in [-0.39, 0.29) is 44.8 Å². The Balaban J connectivity index is 0. The van der Waals surface area contributed by atoms with Crippen molar-refractivity contribution in [3.8, 4) is 0 Å². The number of hydrogen-bond donors (Lipinski definition) is 0. The van der Waals surface area contributed by atoms with Gasteiger partial charge in [0.1, 0.15) is 0 Å². The van der Waals surface area contributed by atoms with Gasteiger partial charge in [-0.25, -0.2) is 37.3 Å². The second-order valence-corrected chi connectivity index (χ2v) is 29.5. The van der Waals surface area contributed by atoms with Crippen molar-refractivity contribution in [3.05, 3.63) is 98.1 Å². The Bertz CT molecular complexity index is 1260. The third kappa shape index (κ3) is 22.3. The molecule has 0 aliphatic heterocycles. The van der Waals surface area contributed by atoms with Crippen molar-refractivity contribution >= 4 is 54.0 Å². The van der Waals surface area contributed by atoms with Gasteiger partial charge in [-0.1, -0.05) is 0 Å². The largest absolute Gasteiger partial charge is 1.00 e. The zero-order valence-electron chi connectivity index (χ0n) is 28.5. The minimum absolute atomic E-state index is 0. The summed E-state index contributed by atoms with van der Waals surface area (Å²) in [6, 6.07) is 16.6. The normalized spacial score (nSPS) is 11.8. The Morgan fingerprint density at radius 1 is 0.360 bits per heavy atom. The molecule has 0 aromatic carbocycles. The molecule has 0 fully saturated rings. The molecular weight excluding hydrogens is 951 g/mol. The number of aromatic nitrogens is 4. The van der Waals surface area contributed by atoms with Crippen molar-refractivity contribution < 1.29 is 111 Å². The van der Waals surface area contributed by atoms with E-state index in [0.717, 1.165) is 0 Å². The molecule has 0 spiro atoms. The zero-order valence-corrected chi connectivity index (χ0v) is 36.9. The van der Waals surface area contributed by atoms with Crippen molar-refractivity contribution in [2.24, 2.45) is 0 Å². The molecule has 22 heteroatoms. The fraction of sp³-hybridized carbons (Fsp3) is 0.286. The van der Waals surface area contributed by atoms with Gasteiger partial charge in [-0.2, -0.15) is 0 Å². The Morgan fingerprint density at radius 3 is 0.600 bits per heavy atom. The van der Waals surface area contributed by atoms with Crippen LogP contribution < -0.4 is 58.0 Å². The third-order valence-corrected chi connectivity index (χ3v) is 21.6. The molecule has 0 N–H and O–H groups in total. The summed E-state index contributed by atoms with van der Waals surface area (Å²) in [4.78, 5) is 16.3. The van der Waals surface area contributed by atoms with Gasteiger partial charge in [0.25, 0.3) is 0 Å². The first kappa shape index (κ1) is 51.2. The minimum atomic E-state index is -4.94. The van der Waals surface area contributed by atoms with Crippen LogP contribution in [0.1, 0.15) is 0 Å². The molecular formula is C28H40Ag2Cl2N4O10Si4. The fourth-order valence-corrected chi connectivity index (χ4v) is 20.4. The van der Waals surface area contributed by atoms with Gasteiger partial charge in [0.15, 0.2) is 0 Å². The predicted octanol–water partition coefficient (Wildman–Crippen LogP) is -5.48. The molecule has 4 aromatic rings. The Labute approximate surface area is 332 Å². The van der Waals surface area contributed by atoms with E-state index in [9.17, 15) is 0 Å². The van der Waals surface area contributed by atoms with Gasteiger partial charge in [-0.05, 0) is 122 Å². The SMILES string of the molecule is C[Si](C)(O[Si](C)(C)c1ccncc1)c1ccncc1.C[Si](C)(O[Si](C)(C)c1ccncc1)c1ccncc1.[Ag+].[Ag+].[O-][Cl+3]([O-])([O-])[O-].[O-][Cl+3]([O-])([O-])[O-]. The van der Waals surface area contributed by atoms with Gasteiger partial charge in [-0.15, -0.1) is 20.5 Å². The molecule has 0 atom stereocenters. The van der Waals surface area contributed by atoms with Crippen LogP contribution in [0.3, 0.4) is 0 Å². The van der Waals surface area contributed by atoms with E-state index in [1.165, 1.54) is 20.7 Å². The summed E-state index contributed by atoms with van der Waals surface area (Å²) in [5.41, 5.74) is 0. The molecule has 0 saturated heterocycles. The Morgan fingerprint density at radius 2 is 0.480 bits per heavy atom. The van der Waals surface area contributed by atoms with E-state index >= 15 is 0 Å². The molecule has 4 heterocycles. The molecule has 0 aliphatic rings. The smallest absolute Gasteiger partial charge is 0.449 e. The van der Waals surface area contributed by atoms with Crippen molar-refractivity contribution in [2.45, 2.75) is 52.4 Å². The summed E-state index contributed by atoms with van der Waals surface area (Å²) < 4.78 is 81.2. The van der Waals surface area contributed by atoms with Crippen LogP contribution in [0.2, 0.25) is 52.4 Å². The summed E-state index contributed by atoms with van der Waals surface area (Å²) in [5.74, 6) is 0. The van der Waals surface area contributed by atoms with E-state index in [0.29, 0.717) is 0 Å². The van der Waals surface area contributed by atoms with Crippen LogP contribution in [0, 0.1) is 20.5 Å². The van der Waals surface area contributed by atoms with E-state index in [2.05, 4.69) is 121 Å². The number of hydrogen-bond acceptors (Lipinski definition) is 14. The molecule has 0 aliphatic carbocycles. The quantitative estimate of drug-likeness (QED) is 0.150. The number of nitrogens with zero attached hydrogens (tertiary/aromatic N) is 4. The molecule has 4 aromatic heterocycles.